The molecule has 7 nitrogen and oxygen atoms in total. The van der Waals surface area contributed by atoms with E-state index in [1.165, 1.54) is 0 Å². The number of nitrogens with zero attached hydrogens (tertiary/aromatic N) is 5. The van der Waals surface area contributed by atoms with Gasteiger partial charge in [-0.1, -0.05) is 0 Å². The van der Waals surface area contributed by atoms with Crippen molar-refractivity contribution in [3.63, 3.8) is 0 Å². The molecule has 1 aliphatic rings. The zero-order valence-corrected chi connectivity index (χ0v) is 13.2. The summed E-state index contributed by atoms with van der Waals surface area (Å²) in [6.07, 6.45) is 4.01. The molecule has 0 bridgehead atoms. The van der Waals surface area contributed by atoms with Gasteiger partial charge in [0.25, 0.3) is 0 Å². The molecule has 7 heteroatoms. The average molecular weight is 310 g/mol. The van der Waals surface area contributed by atoms with Gasteiger partial charge in [0.05, 0.1) is 12.5 Å². The predicted molar refractivity (Wildman–Crippen MR) is 84.9 cm³/mol. The Morgan fingerprint density at radius 1 is 1.39 bits per heavy atom. The van der Waals surface area contributed by atoms with Gasteiger partial charge in [0.1, 0.15) is 17.3 Å². The van der Waals surface area contributed by atoms with Gasteiger partial charge in [0.2, 0.25) is 5.91 Å². The van der Waals surface area contributed by atoms with Gasteiger partial charge in [0, 0.05) is 30.9 Å². The van der Waals surface area contributed by atoms with Crippen LogP contribution in [0, 0.1) is 13.8 Å². The molecule has 0 radical (unpaired) electrons. The largest absolute Gasteiger partial charge is 0.346 e. The quantitative estimate of drug-likeness (QED) is 0.793. The molecule has 0 saturated carbocycles. The van der Waals surface area contributed by atoms with Crippen molar-refractivity contribution in [1.82, 2.24) is 29.6 Å². The number of H-pyrrole nitrogens is 1. The summed E-state index contributed by atoms with van der Waals surface area (Å²) in [4.78, 5) is 26.0. The lowest BCUT2D eigenvalue weighted by Gasteiger charge is -2.39. The highest BCUT2D eigenvalue weighted by molar-refractivity contribution is 5.87. The minimum Gasteiger partial charge on any atom is -0.346 e. The van der Waals surface area contributed by atoms with Crippen LogP contribution in [0.15, 0.2) is 24.5 Å². The van der Waals surface area contributed by atoms with Gasteiger partial charge in [-0.05, 0) is 31.5 Å². The molecule has 0 unspecified atom stereocenters. The monoisotopic (exact) mass is 310 g/mol. The normalized spacial score (nSPS) is 15.1. The van der Waals surface area contributed by atoms with E-state index in [1.807, 2.05) is 41.8 Å². The maximum absolute atomic E-state index is 12.4. The minimum absolute atomic E-state index is 0.139. The second-order valence-corrected chi connectivity index (χ2v) is 5.99. The molecule has 1 aliphatic heterocycles. The maximum Gasteiger partial charge on any atom is 0.227 e. The van der Waals surface area contributed by atoms with Gasteiger partial charge < -0.3 is 9.88 Å². The first kappa shape index (κ1) is 13.9. The molecule has 4 heterocycles. The van der Waals surface area contributed by atoms with E-state index in [0.717, 1.165) is 28.2 Å². The summed E-state index contributed by atoms with van der Waals surface area (Å²) in [5.41, 5.74) is 1.82. The molecule has 23 heavy (non-hydrogen) atoms. The second-order valence-electron chi connectivity index (χ2n) is 5.99. The van der Waals surface area contributed by atoms with E-state index in [4.69, 9.17) is 0 Å². The first-order chi connectivity index (χ1) is 11.1. The lowest BCUT2D eigenvalue weighted by atomic mass is 10.1. The molecule has 0 atom stereocenters. The molecule has 0 spiro atoms. The SMILES string of the molecule is Cc1nc(C)n(C2CN(C(=O)Cc3c[nH]c4ncccc34)C2)n1. The summed E-state index contributed by atoms with van der Waals surface area (Å²) < 4.78 is 1.93. The Hall–Kier alpha value is -2.70. The number of hydrogen-bond donors (Lipinski definition) is 1. The van der Waals surface area contributed by atoms with Crippen molar-refractivity contribution >= 4 is 16.9 Å². The van der Waals surface area contributed by atoms with Gasteiger partial charge in [-0.15, -0.1) is 0 Å². The summed E-state index contributed by atoms with van der Waals surface area (Å²) in [6, 6.07) is 4.12. The van der Waals surface area contributed by atoms with Gasteiger partial charge >= 0.3 is 0 Å². The number of fused-ring (bicyclic) bond motifs is 1. The Labute approximate surface area is 133 Å². The van der Waals surface area contributed by atoms with E-state index >= 15 is 0 Å². The number of amides is 1. The van der Waals surface area contributed by atoms with Crippen molar-refractivity contribution in [1.29, 1.82) is 0 Å². The van der Waals surface area contributed by atoms with Crippen LogP contribution in [0.3, 0.4) is 0 Å². The standard InChI is InChI=1S/C16H18N6O/c1-10-19-11(2)22(20-10)13-8-21(9-13)15(23)6-12-7-18-16-14(12)4-3-5-17-16/h3-5,7,13H,6,8-9H2,1-2H3,(H,17,18). The molecule has 0 aromatic carbocycles. The van der Waals surface area contributed by atoms with Crippen LogP contribution in [0.4, 0.5) is 0 Å². The van der Waals surface area contributed by atoms with Crippen LogP contribution in [-0.4, -0.2) is 48.6 Å². The third-order valence-corrected chi connectivity index (χ3v) is 4.35. The highest BCUT2D eigenvalue weighted by Crippen LogP contribution is 2.24. The number of hydrogen-bond acceptors (Lipinski definition) is 4. The third-order valence-electron chi connectivity index (χ3n) is 4.35. The van der Waals surface area contributed by atoms with Crippen LogP contribution in [0.1, 0.15) is 23.3 Å². The van der Waals surface area contributed by atoms with Crippen LogP contribution < -0.4 is 0 Å². The highest BCUT2D eigenvalue weighted by Gasteiger charge is 2.33. The van der Waals surface area contributed by atoms with E-state index in [2.05, 4.69) is 20.1 Å². The van der Waals surface area contributed by atoms with Crippen molar-refractivity contribution in [2.24, 2.45) is 0 Å². The molecule has 3 aromatic rings. The van der Waals surface area contributed by atoms with Crippen molar-refractivity contribution < 1.29 is 4.79 Å². The summed E-state index contributed by atoms with van der Waals surface area (Å²) >= 11 is 0. The number of aromatic nitrogens is 5. The number of nitrogens with one attached hydrogen (secondary N) is 1. The molecular formula is C16H18N6O. The van der Waals surface area contributed by atoms with Crippen LogP contribution in [0.25, 0.3) is 11.0 Å². The van der Waals surface area contributed by atoms with Gasteiger partial charge in [0.15, 0.2) is 0 Å². The molecule has 3 aromatic heterocycles. The number of rotatable bonds is 3. The highest BCUT2D eigenvalue weighted by atomic mass is 16.2. The fourth-order valence-corrected chi connectivity index (χ4v) is 3.13. The van der Waals surface area contributed by atoms with Crippen LogP contribution >= 0.6 is 0 Å². The minimum atomic E-state index is 0.139. The second kappa shape index (κ2) is 5.19. The van der Waals surface area contributed by atoms with Crippen molar-refractivity contribution in [2.45, 2.75) is 26.3 Å². The number of aryl methyl sites for hydroxylation is 2. The molecule has 4 rings (SSSR count). The Balaban J connectivity index is 1.43. The van der Waals surface area contributed by atoms with Crippen molar-refractivity contribution in [3.05, 3.63) is 41.7 Å². The van der Waals surface area contributed by atoms with E-state index in [-0.39, 0.29) is 11.9 Å². The molecular weight excluding hydrogens is 292 g/mol. The van der Waals surface area contributed by atoms with Crippen molar-refractivity contribution in [2.75, 3.05) is 13.1 Å². The molecule has 118 valence electrons. The van der Waals surface area contributed by atoms with Crippen LogP contribution in [-0.2, 0) is 11.2 Å². The zero-order valence-electron chi connectivity index (χ0n) is 13.2. The van der Waals surface area contributed by atoms with Gasteiger partial charge in [-0.3, -0.25) is 4.79 Å². The Bertz CT molecular complexity index is 874. The summed E-state index contributed by atoms with van der Waals surface area (Å²) in [5, 5.41) is 5.41. The Morgan fingerprint density at radius 2 is 2.22 bits per heavy atom. The summed E-state index contributed by atoms with van der Waals surface area (Å²) in [7, 11) is 0. The number of pyridine rings is 1. The first-order valence-corrected chi connectivity index (χ1v) is 7.70. The maximum atomic E-state index is 12.4. The summed E-state index contributed by atoms with van der Waals surface area (Å²) in [5.74, 6) is 1.82. The van der Waals surface area contributed by atoms with E-state index < -0.39 is 0 Å². The molecule has 1 saturated heterocycles. The molecule has 1 amide bonds. The van der Waals surface area contributed by atoms with Gasteiger partial charge in [-0.2, -0.15) is 5.10 Å². The first-order valence-electron chi connectivity index (χ1n) is 7.70. The smallest absolute Gasteiger partial charge is 0.227 e. The average Bonchev–Trinajstić information content (AvgIpc) is 3.02. The zero-order chi connectivity index (χ0) is 16.0. The van der Waals surface area contributed by atoms with Crippen LogP contribution in [0.5, 0.6) is 0 Å². The third kappa shape index (κ3) is 2.38. The Morgan fingerprint density at radius 3 is 2.96 bits per heavy atom. The number of likely N-dealkylation sites (tertiary alicyclic amines) is 1. The van der Waals surface area contributed by atoms with Crippen LogP contribution in [0.2, 0.25) is 0 Å². The van der Waals surface area contributed by atoms with Crippen molar-refractivity contribution in [3.8, 4) is 0 Å². The molecule has 1 fully saturated rings. The number of carbonyl (C=O) groups is 1. The predicted octanol–water partition coefficient (Wildman–Crippen LogP) is 1.40. The number of carbonyl (C=O) groups excluding carboxylic acids is 1. The lowest BCUT2D eigenvalue weighted by Crippen LogP contribution is -2.51. The fraction of sp³-hybridized carbons (Fsp3) is 0.375. The lowest BCUT2D eigenvalue weighted by molar-refractivity contribution is -0.136. The van der Waals surface area contributed by atoms with E-state index in [9.17, 15) is 4.79 Å². The summed E-state index contributed by atoms with van der Waals surface area (Å²) in [6.45, 7) is 5.23. The van der Waals surface area contributed by atoms with E-state index in [0.29, 0.717) is 19.5 Å². The van der Waals surface area contributed by atoms with E-state index in [1.54, 1.807) is 6.20 Å². The molecule has 1 N–H and O–H groups in total. The fourth-order valence-electron chi connectivity index (χ4n) is 3.13. The van der Waals surface area contributed by atoms with Gasteiger partial charge in [-0.25, -0.2) is 14.6 Å². The topological polar surface area (TPSA) is 79.7 Å². The molecule has 0 aliphatic carbocycles. The number of aromatic amines is 1. The Kier molecular flexibility index (Phi) is 3.14.